The zero-order chi connectivity index (χ0) is 12.5. The number of nitrogens with zero attached hydrogens (tertiary/aromatic N) is 1. The largest absolute Gasteiger partial charge is 0.490 e. The van der Waals surface area contributed by atoms with E-state index in [1.807, 2.05) is 6.07 Å². The number of aryl methyl sites for hydroxylation is 2. The van der Waals surface area contributed by atoms with Crippen molar-refractivity contribution in [2.75, 3.05) is 7.11 Å². The van der Waals surface area contributed by atoms with Crippen LogP contribution in [0.5, 0.6) is 5.75 Å². The van der Waals surface area contributed by atoms with Crippen LogP contribution in [0.1, 0.15) is 17.5 Å². The molecule has 2 aromatic rings. The summed E-state index contributed by atoms with van der Waals surface area (Å²) in [5, 5.41) is 0. The summed E-state index contributed by atoms with van der Waals surface area (Å²) in [6, 6.07) is 6.25. The first kappa shape index (κ1) is 11.0. The van der Waals surface area contributed by atoms with Crippen LogP contribution in [-0.4, -0.2) is 17.1 Å². The molecule has 0 spiro atoms. The number of ether oxygens (including phenoxy) is 1. The van der Waals surface area contributed by atoms with Gasteiger partial charge in [-0.05, 0) is 36.5 Å². The van der Waals surface area contributed by atoms with Crippen LogP contribution in [0.15, 0.2) is 29.3 Å². The van der Waals surface area contributed by atoms with Crippen LogP contribution in [-0.2, 0) is 12.8 Å². The quantitative estimate of drug-likeness (QED) is 0.875. The van der Waals surface area contributed by atoms with Crippen molar-refractivity contribution in [1.29, 1.82) is 0 Å². The molecule has 3 rings (SSSR count). The lowest BCUT2D eigenvalue weighted by atomic mass is 10.0. The van der Waals surface area contributed by atoms with Crippen molar-refractivity contribution in [2.45, 2.75) is 19.3 Å². The molecule has 1 N–H and O–H groups in total. The summed E-state index contributed by atoms with van der Waals surface area (Å²) >= 11 is 0. The minimum absolute atomic E-state index is 0.247. The predicted octanol–water partition coefficient (Wildman–Crippen LogP) is 1.93. The highest BCUT2D eigenvalue weighted by Gasteiger charge is 2.15. The van der Waals surface area contributed by atoms with Crippen molar-refractivity contribution in [3.05, 3.63) is 46.0 Å². The normalized spacial score (nSPS) is 13.4. The summed E-state index contributed by atoms with van der Waals surface area (Å²) < 4.78 is 5.14. The Labute approximate surface area is 105 Å². The van der Waals surface area contributed by atoms with Gasteiger partial charge in [-0.3, -0.25) is 4.79 Å². The summed E-state index contributed by atoms with van der Waals surface area (Å²) in [6.07, 6.45) is 4.87. The molecule has 1 aliphatic rings. The van der Waals surface area contributed by atoms with Gasteiger partial charge in [0.2, 0.25) is 5.75 Å². The second-order valence-corrected chi connectivity index (χ2v) is 4.45. The molecule has 18 heavy (non-hydrogen) atoms. The van der Waals surface area contributed by atoms with Crippen LogP contribution < -0.4 is 10.3 Å². The smallest absolute Gasteiger partial charge is 0.293 e. The molecule has 1 aliphatic carbocycles. The summed E-state index contributed by atoms with van der Waals surface area (Å²) in [4.78, 5) is 18.4. The fourth-order valence-corrected chi connectivity index (χ4v) is 2.50. The minimum Gasteiger partial charge on any atom is -0.490 e. The molecule has 0 atom stereocenters. The van der Waals surface area contributed by atoms with Gasteiger partial charge in [0, 0.05) is 5.56 Å². The standard InChI is InChI=1S/C14H14N2O2/c1-18-13-12(15-8-16-14(13)17)11-6-5-9-3-2-4-10(9)7-11/h5-8H,2-4H2,1H3,(H,15,16,17). The fourth-order valence-electron chi connectivity index (χ4n) is 2.50. The molecule has 0 fully saturated rings. The van der Waals surface area contributed by atoms with E-state index in [2.05, 4.69) is 22.1 Å². The Balaban J connectivity index is 2.16. The number of aromatic nitrogens is 2. The Kier molecular flexibility index (Phi) is 2.63. The summed E-state index contributed by atoms with van der Waals surface area (Å²) in [7, 11) is 1.49. The van der Waals surface area contributed by atoms with Gasteiger partial charge in [0.1, 0.15) is 5.69 Å². The van der Waals surface area contributed by atoms with E-state index in [1.54, 1.807) is 0 Å². The number of hydrogen-bond donors (Lipinski definition) is 1. The maximum atomic E-state index is 11.7. The maximum Gasteiger partial charge on any atom is 0.293 e. The molecule has 4 heteroatoms. The molecule has 1 aromatic heterocycles. The van der Waals surface area contributed by atoms with E-state index in [9.17, 15) is 4.79 Å². The first-order valence-electron chi connectivity index (χ1n) is 6.03. The van der Waals surface area contributed by atoms with Crippen LogP contribution in [0.2, 0.25) is 0 Å². The molecule has 0 radical (unpaired) electrons. The van der Waals surface area contributed by atoms with E-state index in [1.165, 1.54) is 31.0 Å². The van der Waals surface area contributed by atoms with Gasteiger partial charge >= 0.3 is 0 Å². The summed E-state index contributed by atoms with van der Waals surface area (Å²) in [5.41, 5.74) is 4.07. The topological polar surface area (TPSA) is 55.0 Å². The monoisotopic (exact) mass is 242 g/mol. The first-order chi connectivity index (χ1) is 8.79. The Hall–Kier alpha value is -2.10. The lowest BCUT2D eigenvalue weighted by molar-refractivity contribution is 0.408. The molecular weight excluding hydrogens is 228 g/mol. The van der Waals surface area contributed by atoms with Gasteiger partial charge in [-0.15, -0.1) is 0 Å². The molecular formula is C14H14N2O2. The lowest BCUT2D eigenvalue weighted by Crippen LogP contribution is -2.11. The highest BCUT2D eigenvalue weighted by Crippen LogP contribution is 2.29. The number of aromatic amines is 1. The Bertz CT molecular complexity index is 646. The molecule has 92 valence electrons. The average molecular weight is 242 g/mol. The Morgan fingerprint density at radius 3 is 2.94 bits per heavy atom. The SMILES string of the molecule is COc1c(-c2ccc3c(c2)CCC3)nc[nH]c1=O. The molecule has 0 saturated heterocycles. The average Bonchev–Trinajstić information content (AvgIpc) is 2.85. The first-order valence-corrected chi connectivity index (χ1v) is 6.03. The van der Waals surface area contributed by atoms with Gasteiger partial charge < -0.3 is 9.72 Å². The third-order valence-corrected chi connectivity index (χ3v) is 3.39. The fraction of sp³-hybridized carbons (Fsp3) is 0.286. The van der Waals surface area contributed by atoms with Crippen LogP contribution in [0.25, 0.3) is 11.3 Å². The number of fused-ring (bicyclic) bond motifs is 1. The van der Waals surface area contributed by atoms with E-state index >= 15 is 0 Å². The van der Waals surface area contributed by atoms with Crippen molar-refractivity contribution < 1.29 is 4.74 Å². The molecule has 0 unspecified atom stereocenters. The van der Waals surface area contributed by atoms with Gasteiger partial charge in [0.25, 0.3) is 5.56 Å². The van der Waals surface area contributed by atoms with E-state index < -0.39 is 0 Å². The minimum atomic E-state index is -0.247. The molecule has 4 nitrogen and oxygen atoms in total. The zero-order valence-corrected chi connectivity index (χ0v) is 10.2. The van der Waals surface area contributed by atoms with Crippen LogP contribution >= 0.6 is 0 Å². The number of H-pyrrole nitrogens is 1. The third kappa shape index (κ3) is 1.70. The van der Waals surface area contributed by atoms with Gasteiger partial charge in [0.05, 0.1) is 13.4 Å². The van der Waals surface area contributed by atoms with Gasteiger partial charge in [-0.25, -0.2) is 4.98 Å². The number of nitrogens with one attached hydrogen (secondary N) is 1. The number of hydrogen-bond acceptors (Lipinski definition) is 3. The molecule has 0 bridgehead atoms. The number of methoxy groups -OCH3 is 1. The summed E-state index contributed by atoms with van der Waals surface area (Å²) in [5.74, 6) is 0.274. The second kappa shape index (κ2) is 4.29. The third-order valence-electron chi connectivity index (χ3n) is 3.39. The van der Waals surface area contributed by atoms with Crippen molar-refractivity contribution >= 4 is 0 Å². The number of benzene rings is 1. The molecule has 0 amide bonds. The highest BCUT2D eigenvalue weighted by atomic mass is 16.5. The van der Waals surface area contributed by atoms with Crippen molar-refractivity contribution in [2.24, 2.45) is 0 Å². The van der Waals surface area contributed by atoms with Gasteiger partial charge in [0.15, 0.2) is 0 Å². The van der Waals surface area contributed by atoms with Crippen molar-refractivity contribution in [3.63, 3.8) is 0 Å². The van der Waals surface area contributed by atoms with Crippen molar-refractivity contribution in [3.8, 4) is 17.0 Å². The lowest BCUT2D eigenvalue weighted by Gasteiger charge is -2.07. The Morgan fingerprint density at radius 2 is 2.11 bits per heavy atom. The number of rotatable bonds is 2. The van der Waals surface area contributed by atoms with Crippen molar-refractivity contribution in [1.82, 2.24) is 9.97 Å². The van der Waals surface area contributed by atoms with Crippen LogP contribution in [0, 0.1) is 0 Å². The van der Waals surface area contributed by atoms with Crippen LogP contribution in [0.4, 0.5) is 0 Å². The van der Waals surface area contributed by atoms with Gasteiger partial charge in [-0.2, -0.15) is 0 Å². The molecule has 0 saturated carbocycles. The van der Waals surface area contributed by atoms with E-state index in [4.69, 9.17) is 4.74 Å². The van der Waals surface area contributed by atoms with E-state index in [-0.39, 0.29) is 11.3 Å². The highest BCUT2D eigenvalue weighted by molar-refractivity contribution is 5.67. The zero-order valence-electron chi connectivity index (χ0n) is 10.2. The van der Waals surface area contributed by atoms with Gasteiger partial charge in [-0.1, -0.05) is 12.1 Å². The van der Waals surface area contributed by atoms with E-state index in [0.717, 1.165) is 18.4 Å². The predicted molar refractivity (Wildman–Crippen MR) is 68.9 cm³/mol. The van der Waals surface area contributed by atoms with Crippen LogP contribution in [0.3, 0.4) is 0 Å². The molecule has 1 heterocycles. The molecule has 0 aliphatic heterocycles. The summed E-state index contributed by atoms with van der Waals surface area (Å²) in [6.45, 7) is 0. The second-order valence-electron chi connectivity index (χ2n) is 4.45. The molecule has 1 aromatic carbocycles. The van der Waals surface area contributed by atoms with E-state index in [0.29, 0.717) is 5.69 Å². The maximum absolute atomic E-state index is 11.7. The Morgan fingerprint density at radius 1 is 1.28 bits per heavy atom.